The zero-order valence-corrected chi connectivity index (χ0v) is 28.9. The lowest BCUT2D eigenvalue weighted by molar-refractivity contribution is -0.328. The second kappa shape index (κ2) is 12.9. The Kier molecular flexibility index (Phi) is 10.1. The van der Waals surface area contributed by atoms with Crippen molar-refractivity contribution in [3.05, 3.63) is 11.6 Å². The minimum atomic E-state index is -1.72. The van der Waals surface area contributed by atoms with E-state index in [4.69, 9.17) is 14.2 Å². The molecule has 4 fully saturated rings. The Morgan fingerprint density at radius 3 is 2.31 bits per heavy atom. The van der Waals surface area contributed by atoms with Crippen LogP contribution in [-0.2, 0) is 23.8 Å². The van der Waals surface area contributed by atoms with Crippen LogP contribution in [0.2, 0.25) is 0 Å². The Hall–Kier alpha value is -1.52. The van der Waals surface area contributed by atoms with Crippen molar-refractivity contribution in [2.24, 2.45) is 28.6 Å². The summed E-state index contributed by atoms with van der Waals surface area (Å²) in [6.45, 7) is 9.52. The number of aliphatic hydroxyl groups is 8. The normalized spacial score (nSPS) is 46.5. The second-order valence-corrected chi connectivity index (χ2v) is 16.5. The Balaban J connectivity index is 1.48. The maximum atomic E-state index is 13.6. The van der Waals surface area contributed by atoms with E-state index in [-0.39, 0.29) is 43.8 Å². The van der Waals surface area contributed by atoms with Crippen molar-refractivity contribution in [1.29, 1.82) is 0 Å². The quantitative estimate of drug-likeness (QED) is 0.153. The van der Waals surface area contributed by atoms with E-state index in [2.05, 4.69) is 0 Å². The number of aliphatic hydroxyl groups excluding tert-OH is 6. The highest BCUT2D eigenvalue weighted by Gasteiger charge is 2.69. The first-order valence-electron chi connectivity index (χ1n) is 17.4. The van der Waals surface area contributed by atoms with Crippen LogP contribution in [-0.4, -0.2) is 125 Å². The molecule has 1 saturated heterocycles. The van der Waals surface area contributed by atoms with Crippen molar-refractivity contribution in [1.82, 2.24) is 0 Å². The molecule has 48 heavy (non-hydrogen) atoms. The van der Waals surface area contributed by atoms with Gasteiger partial charge in [-0.1, -0.05) is 13.8 Å². The van der Waals surface area contributed by atoms with Crippen LogP contribution in [0.4, 0.5) is 0 Å². The summed E-state index contributed by atoms with van der Waals surface area (Å²) in [5.41, 5.74) is -5.15. The Bertz CT molecular complexity index is 1260. The van der Waals surface area contributed by atoms with Crippen LogP contribution >= 0.6 is 0 Å². The third-order valence-corrected chi connectivity index (χ3v) is 13.1. The molecule has 5 rings (SSSR count). The molecule has 0 aromatic rings. The summed E-state index contributed by atoms with van der Waals surface area (Å²) >= 11 is 0. The third kappa shape index (κ3) is 6.09. The zero-order valence-electron chi connectivity index (χ0n) is 28.9. The van der Waals surface area contributed by atoms with Crippen molar-refractivity contribution >= 4 is 11.8 Å². The number of ketones is 1. The van der Waals surface area contributed by atoms with E-state index >= 15 is 0 Å². The summed E-state index contributed by atoms with van der Waals surface area (Å²) in [7, 11) is 0. The largest absolute Gasteiger partial charge is 0.460 e. The smallest absolute Gasteiger partial charge is 0.303 e. The highest BCUT2D eigenvalue weighted by molar-refractivity contribution is 5.95. The molecule has 0 bridgehead atoms. The van der Waals surface area contributed by atoms with E-state index in [0.29, 0.717) is 24.8 Å². The lowest BCUT2D eigenvalue weighted by Crippen LogP contribution is -2.64. The maximum Gasteiger partial charge on any atom is 0.303 e. The molecule has 0 amide bonds. The minimum Gasteiger partial charge on any atom is -0.460 e. The monoisotopic (exact) mass is 684 g/mol. The molecule has 0 aromatic carbocycles. The van der Waals surface area contributed by atoms with Crippen molar-refractivity contribution in [3.63, 3.8) is 0 Å². The highest BCUT2D eigenvalue weighted by Crippen LogP contribution is 2.68. The van der Waals surface area contributed by atoms with Gasteiger partial charge in [0, 0.05) is 18.3 Å². The number of carbonyl (C=O) groups is 2. The first kappa shape index (κ1) is 37.7. The maximum absolute atomic E-state index is 13.6. The molecule has 4 aliphatic carbocycles. The predicted octanol–water partition coefficient (Wildman–Crippen LogP) is 0.249. The molecule has 2 unspecified atom stereocenters. The molecular weight excluding hydrogens is 628 g/mol. The zero-order chi connectivity index (χ0) is 35.8. The van der Waals surface area contributed by atoms with Gasteiger partial charge in [-0.05, 0) is 101 Å². The lowest BCUT2D eigenvalue weighted by Gasteiger charge is -2.61. The van der Waals surface area contributed by atoms with Gasteiger partial charge in [-0.2, -0.15) is 0 Å². The molecule has 274 valence electrons. The van der Waals surface area contributed by atoms with Crippen molar-refractivity contribution < 1.29 is 64.7 Å². The van der Waals surface area contributed by atoms with E-state index in [0.717, 1.165) is 0 Å². The first-order valence-corrected chi connectivity index (χ1v) is 17.4. The molecular formula is C35H56O13. The molecule has 0 radical (unpaired) electrons. The van der Waals surface area contributed by atoms with Crippen LogP contribution in [0.15, 0.2) is 11.6 Å². The number of allylic oxidation sites excluding steroid dienone is 1. The molecule has 1 heterocycles. The van der Waals surface area contributed by atoms with Gasteiger partial charge < -0.3 is 55.1 Å². The molecule has 8 N–H and O–H groups in total. The molecule has 13 heteroatoms. The fourth-order valence-corrected chi connectivity index (χ4v) is 10.3. The summed E-state index contributed by atoms with van der Waals surface area (Å²) in [5.74, 6) is -1.97. The third-order valence-electron chi connectivity index (χ3n) is 13.1. The van der Waals surface area contributed by atoms with E-state index in [1.165, 1.54) is 6.92 Å². The van der Waals surface area contributed by atoms with Crippen LogP contribution in [0, 0.1) is 28.6 Å². The van der Waals surface area contributed by atoms with Gasteiger partial charge in [0.1, 0.15) is 30.0 Å². The van der Waals surface area contributed by atoms with Gasteiger partial charge >= 0.3 is 5.97 Å². The van der Waals surface area contributed by atoms with Crippen molar-refractivity contribution in [3.8, 4) is 0 Å². The number of fused-ring (bicyclic) bond motifs is 5. The molecule has 0 aromatic heterocycles. The number of carbonyl (C=O) groups excluding carboxylic acids is 2. The van der Waals surface area contributed by atoms with Gasteiger partial charge in [0.2, 0.25) is 0 Å². The number of hydrogen-bond donors (Lipinski definition) is 8. The van der Waals surface area contributed by atoms with Crippen molar-refractivity contribution in [2.75, 3.05) is 6.61 Å². The summed E-state index contributed by atoms with van der Waals surface area (Å²) in [6.07, 6.45) is -6.98. The van der Waals surface area contributed by atoms with Crippen LogP contribution in [0.3, 0.4) is 0 Å². The number of hydrogen-bond acceptors (Lipinski definition) is 13. The average molecular weight is 685 g/mol. The Morgan fingerprint density at radius 2 is 1.69 bits per heavy atom. The van der Waals surface area contributed by atoms with Crippen LogP contribution in [0.5, 0.6) is 0 Å². The summed E-state index contributed by atoms with van der Waals surface area (Å²) < 4.78 is 17.4. The number of ether oxygens (including phenoxy) is 3. The molecule has 5 aliphatic rings. The topological polar surface area (TPSA) is 224 Å². The Morgan fingerprint density at radius 1 is 1.02 bits per heavy atom. The fourth-order valence-electron chi connectivity index (χ4n) is 10.3. The summed E-state index contributed by atoms with van der Waals surface area (Å²) in [6, 6.07) is 0. The highest BCUT2D eigenvalue weighted by atomic mass is 16.7. The first-order chi connectivity index (χ1) is 22.1. The van der Waals surface area contributed by atoms with Crippen LogP contribution < -0.4 is 0 Å². The molecule has 3 saturated carbocycles. The van der Waals surface area contributed by atoms with Gasteiger partial charge in [0.05, 0.1) is 36.1 Å². The standard InChI is InChI=1S/C35H56O13/c1-17(37)48-31(2,3)10-9-26(47-30-29(43)28(42)27(41)24(16-36)46-30)34(6,44)25-8-12-35(45)19-13-21(38)20-14-22(39)23(40)15-32(20,4)18(19)7-11-33(25,35)5/h13,18,20,22-30,36,39-45H,7-12,14-16H2,1-6H3/t18-,20+,22?,23?,24+,25-,26+,27-,28-,29+,30+,32+,33+,34+,35+/m0/s1. The van der Waals surface area contributed by atoms with Gasteiger partial charge in [-0.3, -0.25) is 9.59 Å². The van der Waals surface area contributed by atoms with Crippen LogP contribution in [0.1, 0.15) is 92.9 Å². The second-order valence-electron chi connectivity index (χ2n) is 16.5. The SMILES string of the molecule is CC(=O)OC(C)(C)CC[C@@H](O[C@H]1O[C@H](CO)[C@H](O)[C@H](O)[C@H]1O)[C@](C)(O)[C@H]1CC[C@@]2(O)C3=CC(=O)[C@H]4CC(O)C(O)C[C@]4(C)[C@H]3CC[C@]12C. The molecule has 0 spiro atoms. The van der Waals surface area contributed by atoms with E-state index in [1.807, 2.05) is 13.8 Å². The van der Waals surface area contributed by atoms with Gasteiger partial charge in [0.25, 0.3) is 0 Å². The molecule has 15 atom stereocenters. The van der Waals surface area contributed by atoms with Crippen molar-refractivity contribution in [2.45, 2.75) is 159 Å². The lowest BCUT2D eigenvalue weighted by atomic mass is 9.45. The fraction of sp³-hybridized carbons (Fsp3) is 0.886. The Labute approximate surface area is 281 Å². The number of esters is 1. The van der Waals surface area contributed by atoms with Gasteiger partial charge in [-0.15, -0.1) is 0 Å². The van der Waals surface area contributed by atoms with E-state index in [9.17, 15) is 50.4 Å². The number of rotatable bonds is 9. The van der Waals surface area contributed by atoms with Crippen LogP contribution in [0.25, 0.3) is 0 Å². The van der Waals surface area contributed by atoms with E-state index < -0.39 is 101 Å². The summed E-state index contributed by atoms with van der Waals surface area (Å²) in [5, 5.41) is 87.7. The average Bonchev–Trinajstić information content (AvgIpc) is 3.27. The van der Waals surface area contributed by atoms with E-state index in [1.54, 1.807) is 26.8 Å². The predicted molar refractivity (Wildman–Crippen MR) is 169 cm³/mol. The molecule has 1 aliphatic heterocycles. The van der Waals surface area contributed by atoms with Gasteiger partial charge in [0.15, 0.2) is 12.1 Å². The molecule has 13 nitrogen and oxygen atoms in total. The van der Waals surface area contributed by atoms with Gasteiger partial charge in [-0.25, -0.2) is 0 Å². The summed E-state index contributed by atoms with van der Waals surface area (Å²) in [4.78, 5) is 25.4. The minimum absolute atomic E-state index is 0.0943.